The average Bonchev–Trinajstić information content (AvgIpc) is 2.82. The molecule has 96 valence electrons. The molecule has 0 aliphatic heterocycles. The first-order chi connectivity index (χ1) is 8.16. The number of halogens is 1. The van der Waals surface area contributed by atoms with Crippen molar-refractivity contribution in [3.8, 4) is 0 Å². The molecule has 0 spiro atoms. The quantitative estimate of drug-likeness (QED) is 0.908. The zero-order valence-corrected chi connectivity index (χ0v) is 11.6. The number of nitrogens with two attached hydrogens (primary N) is 1. The fourth-order valence-electron chi connectivity index (χ4n) is 1.62. The number of hydrogen-bond acceptors (Lipinski definition) is 3. The van der Waals surface area contributed by atoms with Crippen molar-refractivity contribution >= 4 is 35.3 Å². The summed E-state index contributed by atoms with van der Waals surface area (Å²) < 4.78 is 0. The SMILES string of the molecule is CC(=O)Nc1ccc([C@H](N)c2ccsc2)cc1.Cl. The number of carbonyl (C=O) groups excluding carboxylic acids is 1. The normalized spacial score (nSPS) is 11.4. The summed E-state index contributed by atoms with van der Waals surface area (Å²) in [5.41, 5.74) is 9.07. The minimum absolute atomic E-state index is 0. The molecular formula is C13H15ClN2OS. The van der Waals surface area contributed by atoms with Crippen LogP contribution in [0.25, 0.3) is 0 Å². The Bertz CT molecular complexity index is 496. The molecule has 2 aromatic rings. The predicted molar refractivity (Wildman–Crippen MR) is 78.3 cm³/mol. The number of nitrogens with one attached hydrogen (secondary N) is 1. The number of thiophene rings is 1. The van der Waals surface area contributed by atoms with E-state index in [1.807, 2.05) is 41.1 Å². The summed E-state index contributed by atoms with van der Waals surface area (Å²) in [6.45, 7) is 1.49. The second-order valence-electron chi connectivity index (χ2n) is 3.84. The second-order valence-corrected chi connectivity index (χ2v) is 4.62. The Hall–Kier alpha value is -1.36. The van der Waals surface area contributed by atoms with Crippen LogP contribution in [0.4, 0.5) is 5.69 Å². The summed E-state index contributed by atoms with van der Waals surface area (Å²) in [7, 11) is 0. The van der Waals surface area contributed by atoms with Gasteiger partial charge in [0.15, 0.2) is 0 Å². The second kappa shape index (κ2) is 6.54. The Morgan fingerprint density at radius 2 is 1.89 bits per heavy atom. The molecule has 2 rings (SSSR count). The van der Waals surface area contributed by atoms with Crippen LogP contribution in [-0.4, -0.2) is 5.91 Å². The third-order valence-corrected chi connectivity index (χ3v) is 3.19. The van der Waals surface area contributed by atoms with Gasteiger partial charge in [0.25, 0.3) is 0 Å². The molecular weight excluding hydrogens is 268 g/mol. The molecule has 3 nitrogen and oxygen atoms in total. The number of amides is 1. The molecule has 0 radical (unpaired) electrons. The predicted octanol–water partition coefficient (Wildman–Crippen LogP) is 3.18. The molecule has 1 aromatic heterocycles. The van der Waals surface area contributed by atoms with Crippen LogP contribution in [0.3, 0.4) is 0 Å². The lowest BCUT2D eigenvalue weighted by Crippen LogP contribution is -2.11. The minimum atomic E-state index is -0.104. The van der Waals surface area contributed by atoms with Crippen LogP contribution < -0.4 is 11.1 Å². The maximum atomic E-state index is 10.9. The molecule has 18 heavy (non-hydrogen) atoms. The van der Waals surface area contributed by atoms with E-state index in [-0.39, 0.29) is 24.4 Å². The molecule has 0 aliphatic rings. The van der Waals surface area contributed by atoms with Crippen molar-refractivity contribution in [1.29, 1.82) is 0 Å². The van der Waals surface area contributed by atoms with E-state index in [2.05, 4.69) is 5.32 Å². The van der Waals surface area contributed by atoms with Gasteiger partial charge in [-0.2, -0.15) is 11.3 Å². The minimum Gasteiger partial charge on any atom is -0.326 e. The molecule has 0 aliphatic carbocycles. The van der Waals surface area contributed by atoms with E-state index in [1.54, 1.807) is 11.3 Å². The maximum Gasteiger partial charge on any atom is 0.221 e. The van der Waals surface area contributed by atoms with E-state index in [1.165, 1.54) is 6.92 Å². The third kappa shape index (κ3) is 3.57. The highest BCUT2D eigenvalue weighted by atomic mass is 35.5. The van der Waals surface area contributed by atoms with E-state index in [4.69, 9.17) is 5.73 Å². The Balaban J connectivity index is 0.00000162. The van der Waals surface area contributed by atoms with Gasteiger partial charge in [-0.3, -0.25) is 4.79 Å². The van der Waals surface area contributed by atoms with Gasteiger partial charge in [0.1, 0.15) is 0 Å². The van der Waals surface area contributed by atoms with Crippen LogP contribution in [0.2, 0.25) is 0 Å². The first-order valence-corrected chi connectivity index (χ1v) is 6.26. The molecule has 1 aromatic carbocycles. The molecule has 0 saturated heterocycles. The van der Waals surface area contributed by atoms with Crippen molar-refractivity contribution < 1.29 is 4.79 Å². The number of benzene rings is 1. The van der Waals surface area contributed by atoms with E-state index < -0.39 is 0 Å². The summed E-state index contributed by atoms with van der Waals surface area (Å²) >= 11 is 1.64. The zero-order chi connectivity index (χ0) is 12.3. The van der Waals surface area contributed by atoms with Gasteiger partial charge in [0, 0.05) is 12.6 Å². The molecule has 0 fully saturated rings. The Labute approximate surface area is 116 Å². The van der Waals surface area contributed by atoms with Gasteiger partial charge in [-0.1, -0.05) is 12.1 Å². The van der Waals surface area contributed by atoms with Crippen molar-refractivity contribution in [3.05, 3.63) is 52.2 Å². The molecule has 5 heteroatoms. The van der Waals surface area contributed by atoms with Gasteiger partial charge in [0.05, 0.1) is 6.04 Å². The Morgan fingerprint density at radius 3 is 2.39 bits per heavy atom. The Kier molecular flexibility index (Phi) is 5.34. The molecule has 0 saturated carbocycles. The van der Waals surface area contributed by atoms with E-state index in [0.717, 1.165) is 16.8 Å². The molecule has 3 N–H and O–H groups in total. The van der Waals surface area contributed by atoms with Gasteiger partial charge in [0.2, 0.25) is 5.91 Å². The fraction of sp³-hybridized carbons (Fsp3) is 0.154. The average molecular weight is 283 g/mol. The van der Waals surface area contributed by atoms with Crippen LogP contribution >= 0.6 is 23.7 Å². The molecule has 1 amide bonds. The number of carbonyl (C=O) groups is 1. The van der Waals surface area contributed by atoms with Gasteiger partial charge >= 0.3 is 0 Å². The van der Waals surface area contributed by atoms with Gasteiger partial charge in [-0.15, -0.1) is 12.4 Å². The van der Waals surface area contributed by atoms with E-state index in [0.29, 0.717) is 0 Å². The highest BCUT2D eigenvalue weighted by molar-refractivity contribution is 7.08. The number of rotatable bonds is 3. The summed E-state index contributed by atoms with van der Waals surface area (Å²) in [5, 5.41) is 6.79. The van der Waals surface area contributed by atoms with Crippen molar-refractivity contribution in [2.24, 2.45) is 5.73 Å². The van der Waals surface area contributed by atoms with Crippen LogP contribution in [0.5, 0.6) is 0 Å². The van der Waals surface area contributed by atoms with Crippen LogP contribution in [0.15, 0.2) is 41.1 Å². The van der Waals surface area contributed by atoms with Gasteiger partial charge in [-0.25, -0.2) is 0 Å². The van der Waals surface area contributed by atoms with Gasteiger partial charge < -0.3 is 11.1 Å². The summed E-state index contributed by atoms with van der Waals surface area (Å²) in [6.07, 6.45) is 0. The molecule has 1 atom stereocenters. The number of hydrogen-bond donors (Lipinski definition) is 2. The molecule has 1 heterocycles. The largest absolute Gasteiger partial charge is 0.326 e. The smallest absolute Gasteiger partial charge is 0.221 e. The summed E-state index contributed by atoms with van der Waals surface area (Å²) in [4.78, 5) is 10.9. The van der Waals surface area contributed by atoms with E-state index in [9.17, 15) is 4.79 Å². The van der Waals surface area contributed by atoms with Crippen LogP contribution in [0.1, 0.15) is 24.1 Å². The lowest BCUT2D eigenvalue weighted by atomic mass is 10.0. The van der Waals surface area contributed by atoms with Gasteiger partial charge in [-0.05, 0) is 40.1 Å². The highest BCUT2D eigenvalue weighted by Gasteiger charge is 2.08. The first kappa shape index (κ1) is 14.7. The van der Waals surface area contributed by atoms with E-state index >= 15 is 0 Å². The zero-order valence-electron chi connectivity index (χ0n) is 9.92. The monoisotopic (exact) mass is 282 g/mol. The Morgan fingerprint density at radius 1 is 1.22 bits per heavy atom. The lowest BCUT2D eigenvalue weighted by Gasteiger charge is -2.11. The maximum absolute atomic E-state index is 10.9. The van der Waals surface area contributed by atoms with Crippen LogP contribution in [-0.2, 0) is 4.79 Å². The number of anilines is 1. The summed E-state index contributed by atoms with van der Waals surface area (Å²) in [6, 6.07) is 9.53. The lowest BCUT2D eigenvalue weighted by molar-refractivity contribution is -0.114. The summed E-state index contributed by atoms with van der Waals surface area (Å²) in [5.74, 6) is -0.0696. The first-order valence-electron chi connectivity index (χ1n) is 5.32. The van der Waals surface area contributed by atoms with Crippen LogP contribution in [0, 0.1) is 0 Å². The van der Waals surface area contributed by atoms with Crippen molar-refractivity contribution in [1.82, 2.24) is 0 Å². The molecule has 0 unspecified atom stereocenters. The fourth-order valence-corrected chi connectivity index (χ4v) is 2.32. The van der Waals surface area contributed by atoms with Crippen molar-refractivity contribution in [2.75, 3.05) is 5.32 Å². The third-order valence-electron chi connectivity index (χ3n) is 2.49. The highest BCUT2D eigenvalue weighted by Crippen LogP contribution is 2.22. The topological polar surface area (TPSA) is 55.1 Å². The van der Waals surface area contributed by atoms with Crippen molar-refractivity contribution in [2.45, 2.75) is 13.0 Å². The van der Waals surface area contributed by atoms with Crippen molar-refractivity contribution in [3.63, 3.8) is 0 Å². The molecule has 0 bridgehead atoms. The standard InChI is InChI=1S/C13H14N2OS.ClH/c1-9(16)15-12-4-2-10(3-5-12)13(14)11-6-7-17-8-11;/h2-8,13H,14H2,1H3,(H,15,16);1H/t13-;/m0./s1.